The van der Waals surface area contributed by atoms with E-state index in [0.717, 1.165) is 29.0 Å². The highest BCUT2D eigenvalue weighted by Crippen LogP contribution is 2.19. The summed E-state index contributed by atoms with van der Waals surface area (Å²) in [4.78, 5) is 9.20. The Bertz CT molecular complexity index is 671. The van der Waals surface area contributed by atoms with Crippen molar-refractivity contribution in [2.24, 2.45) is 10.9 Å². The second kappa shape index (κ2) is 7.02. The summed E-state index contributed by atoms with van der Waals surface area (Å²) in [5.74, 6) is 2.29. The summed E-state index contributed by atoms with van der Waals surface area (Å²) < 4.78 is 0. The standard InChI is InChI=1S/C16H17N3.C2H6/c1-11-9-12(2)17-16(10-11)19-15-8-7-13-5-3-4-6-14(13)18-15;1-2/h3-9,11H,10H2,1-2H3,(H,17,18,19);1-2H3. The fourth-order valence-electron chi connectivity index (χ4n) is 2.44. The fourth-order valence-corrected chi connectivity index (χ4v) is 2.44. The highest BCUT2D eigenvalue weighted by Gasteiger charge is 2.12. The minimum atomic E-state index is 0.528. The van der Waals surface area contributed by atoms with Gasteiger partial charge in [-0.2, -0.15) is 0 Å². The summed E-state index contributed by atoms with van der Waals surface area (Å²) in [6.45, 7) is 8.27. The molecule has 1 atom stereocenters. The first-order chi connectivity index (χ1) is 10.2. The first-order valence-corrected chi connectivity index (χ1v) is 7.59. The molecule has 3 rings (SSSR count). The Kier molecular flexibility index (Phi) is 5.09. The summed E-state index contributed by atoms with van der Waals surface area (Å²) >= 11 is 0. The van der Waals surface area contributed by atoms with E-state index in [1.54, 1.807) is 0 Å². The summed E-state index contributed by atoms with van der Waals surface area (Å²) in [6.07, 6.45) is 3.17. The molecular formula is C18H23N3. The number of pyridine rings is 1. The molecule has 0 saturated heterocycles. The lowest BCUT2D eigenvalue weighted by Gasteiger charge is -2.19. The van der Waals surface area contributed by atoms with Crippen LogP contribution in [0.5, 0.6) is 0 Å². The molecule has 0 bridgehead atoms. The topological polar surface area (TPSA) is 37.3 Å². The maximum atomic E-state index is 4.62. The molecule has 0 saturated carbocycles. The Labute approximate surface area is 126 Å². The SMILES string of the molecule is CC.CC1=CC(C)CC(=Nc2ccc3ccccc3n2)N1. The minimum absolute atomic E-state index is 0.528. The van der Waals surface area contributed by atoms with E-state index in [4.69, 9.17) is 0 Å². The Hall–Kier alpha value is -2.16. The second-order valence-electron chi connectivity index (χ2n) is 5.08. The number of rotatable bonds is 1. The van der Waals surface area contributed by atoms with Crippen LogP contribution in [0.2, 0.25) is 0 Å². The van der Waals surface area contributed by atoms with Crippen molar-refractivity contribution in [3.05, 3.63) is 48.2 Å². The molecule has 21 heavy (non-hydrogen) atoms. The summed E-state index contributed by atoms with van der Waals surface area (Å²) in [6, 6.07) is 12.1. The number of benzene rings is 1. The number of para-hydroxylation sites is 1. The van der Waals surface area contributed by atoms with Gasteiger partial charge in [-0.3, -0.25) is 0 Å². The Morgan fingerprint density at radius 2 is 1.90 bits per heavy atom. The number of aromatic nitrogens is 1. The molecule has 1 unspecified atom stereocenters. The van der Waals surface area contributed by atoms with Gasteiger partial charge < -0.3 is 5.32 Å². The van der Waals surface area contributed by atoms with Gasteiger partial charge in [0.05, 0.1) is 5.52 Å². The van der Waals surface area contributed by atoms with E-state index in [2.05, 4.69) is 47.3 Å². The van der Waals surface area contributed by atoms with Crippen LogP contribution in [-0.4, -0.2) is 10.8 Å². The largest absolute Gasteiger partial charge is 0.348 e. The molecule has 1 aliphatic heterocycles. The first kappa shape index (κ1) is 15.2. The van der Waals surface area contributed by atoms with Crippen molar-refractivity contribution in [3.8, 4) is 0 Å². The number of amidine groups is 1. The third kappa shape index (κ3) is 3.91. The number of nitrogens with zero attached hydrogens (tertiary/aromatic N) is 2. The average Bonchev–Trinajstić information content (AvgIpc) is 2.48. The quantitative estimate of drug-likeness (QED) is 0.813. The van der Waals surface area contributed by atoms with Gasteiger partial charge in [0.1, 0.15) is 5.84 Å². The van der Waals surface area contributed by atoms with Crippen molar-refractivity contribution in [2.75, 3.05) is 0 Å². The van der Waals surface area contributed by atoms with Gasteiger partial charge in [-0.1, -0.05) is 45.0 Å². The van der Waals surface area contributed by atoms with E-state index in [0.29, 0.717) is 5.92 Å². The molecule has 3 nitrogen and oxygen atoms in total. The van der Waals surface area contributed by atoms with E-state index in [9.17, 15) is 0 Å². The molecule has 1 aromatic carbocycles. The van der Waals surface area contributed by atoms with Crippen LogP contribution in [0, 0.1) is 5.92 Å². The highest BCUT2D eigenvalue weighted by atomic mass is 15.0. The Morgan fingerprint density at radius 3 is 2.67 bits per heavy atom. The molecule has 2 heterocycles. The summed E-state index contributed by atoms with van der Waals surface area (Å²) in [5.41, 5.74) is 2.15. The lowest BCUT2D eigenvalue weighted by atomic mass is 10.0. The van der Waals surface area contributed by atoms with Crippen molar-refractivity contribution in [1.29, 1.82) is 0 Å². The summed E-state index contributed by atoms with van der Waals surface area (Å²) in [5, 5.41) is 4.46. The van der Waals surface area contributed by atoms with Gasteiger partial charge in [-0.25, -0.2) is 9.98 Å². The zero-order valence-electron chi connectivity index (χ0n) is 13.2. The molecule has 1 N–H and O–H groups in total. The van der Waals surface area contributed by atoms with Crippen LogP contribution < -0.4 is 5.32 Å². The lowest BCUT2D eigenvalue weighted by molar-refractivity contribution is 0.714. The van der Waals surface area contributed by atoms with Crippen molar-refractivity contribution in [2.45, 2.75) is 34.1 Å². The molecule has 0 amide bonds. The maximum absolute atomic E-state index is 4.62. The van der Waals surface area contributed by atoms with Crippen molar-refractivity contribution in [3.63, 3.8) is 0 Å². The van der Waals surface area contributed by atoms with Crippen molar-refractivity contribution < 1.29 is 0 Å². The van der Waals surface area contributed by atoms with E-state index in [-0.39, 0.29) is 0 Å². The van der Waals surface area contributed by atoms with E-state index in [1.807, 2.05) is 38.1 Å². The predicted molar refractivity (Wildman–Crippen MR) is 90.9 cm³/mol. The maximum Gasteiger partial charge on any atom is 0.154 e. The van der Waals surface area contributed by atoms with Crippen LogP contribution in [0.1, 0.15) is 34.1 Å². The molecule has 1 aliphatic rings. The number of fused-ring (bicyclic) bond motifs is 1. The highest BCUT2D eigenvalue weighted by molar-refractivity contribution is 5.88. The number of hydrogen-bond acceptors (Lipinski definition) is 2. The number of nitrogens with one attached hydrogen (secondary N) is 1. The molecule has 0 fully saturated rings. The fraction of sp³-hybridized carbons (Fsp3) is 0.333. The van der Waals surface area contributed by atoms with Gasteiger partial charge >= 0.3 is 0 Å². The van der Waals surface area contributed by atoms with E-state index < -0.39 is 0 Å². The smallest absolute Gasteiger partial charge is 0.154 e. The van der Waals surface area contributed by atoms with Gasteiger partial charge in [-0.15, -0.1) is 0 Å². The van der Waals surface area contributed by atoms with Crippen molar-refractivity contribution in [1.82, 2.24) is 10.3 Å². The number of aliphatic imine (C=N–C) groups is 1. The van der Waals surface area contributed by atoms with Crippen LogP contribution in [-0.2, 0) is 0 Å². The number of hydrogen-bond donors (Lipinski definition) is 1. The molecule has 0 aliphatic carbocycles. The van der Waals surface area contributed by atoms with Gasteiger partial charge in [0.2, 0.25) is 0 Å². The molecule has 2 aromatic rings. The average molecular weight is 281 g/mol. The normalized spacial score (nSPS) is 19.5. The van der Waals surface area contributed by atoms with Crippen LogP contribution in [0.3, 0.4) is 0 Å². The van der Waals surface area contributed by atoms with E-state index >= 15 is 0 Å². The first-order valence-electron chi connectivity index (χ1n) is 7.59. The van der Waals surface area contributed by atoms with Crippen LogP contribution in [0.25, 0.3) is 10.9 Å². The van der Waals surface area contributed by atoms with Crippen LogP contribution >= 0.6 is 0 Å². The summed E-state index contributed by atoms with van der Waals surface area (Å²) in [7, 11) is 0. The van der Waals surface area contributed by atoms with Crippen LogP contribution in [0.4, 0.5) is 5.82 Å². The molecule has 1 aromatic heterocycles. The molecule has 3 heteroatoms. The Balaban J connectivity index is 0.000000774. The monoisotopic (exact) mass is 281 g/mol. The third-order valence-corrected chi connectivity index (χ3v) is 3.22. The van der Waals surface area contributed by atoms with Gasteiger partial charge in [0, 0.05) is 17.5 Å². The molecule has 0 radical (unpaired) electrons. The van der Waals surface area contributed by atoms with Crippen molar-refractivity contribution >= 4 is 22.6 Å². The molecular weight excluding hydrogens is 258 g/mol. The zero-order valence-corrected chi connectivity index (χ0v) is 13.2. The molecule has 0 spiro atoms. The van der Waals surface area contributed by atoms with Crippen LogP contribution in [0.15, 0.2) is 53.2 Å². The minimum Gasteiger partial charge on any atom is -0.348 e. The number of allylic oxidation sites excluding steroid dienone is 2. The molecule has 110 valence electrons. The zero-order chi connectivity index (χ0) is 15.2. The predicted octanol–water partition coefficient (Wildman–Crippen LogP) is 4.82. The second-order valence-corrected chi connectivity index (χ2v) is 5.08. The van der Waals surface area contributed by atoms with Gasteiger partial charge in [0.25, 0.3) is 0 Å². The third-order valence-electron chi connectivity index (χ3n) is 3.22. The Morgan fingerprint density at radius 1 is 1.14 bits per heavy atom. The van der Waals surface area contributed by atoms with E-state index in [1.165, 1.54) is 5.70 Å². The lowest BCUT2D eigenvalue weighted by Crippen LogP contribution is -2.27. The van der Waals surface area contributed by atoms with Gasteiger partial charge in [-0.05, 0) is 31.0 Å². The van der Waals surface area contributed by atoms with Gasteiger partial charge in [0.15, 0.2) is 5.82 Å².